The molecular formula is C8H18O2P+. The van der Waals surface area contributed by atoms with Crippen LogP contribution in [0.1, 0.15) is 41.5 Å². The average molecular weight is 177 g/mol. The fraction of sp³-hybridized carbons (Fsp3) is 1.00. The van der Waals surface area contributed by atoms with Crippen LogP contribution < -0.4 is 0 Å². The van der Waals surface area contributed by atoms with E-state index < -0.39 is 8.03 Å². The molecule has 1 atom stereocenters. The Hall–Kier alpha value is 0.0600. The second-order valence-corrected chi connectivity index (χ2v) is 6.67. The van der Waals surface area contributed by atoms with Gasteiger partial charge >= 0.3 is 8.03 Å². The van der Waals surface area contributed by atoms with Gasteiger partial charge in [0, 0.05) is 0 Å². The van der Waals surface area contributed by atoms with Crippen molar-refractivity contribution < 1.29 is 9.09 Å². The maximum absolute atomic E-state index is 11.4. The summed E-state index contributed by atoms with van der Waals surface area (Å²) in [7, 11) is -1.56. The van der Waals surface area contributed by atoms with Crippen molar-refractivity contribution in [1.82, 2.24) is 0 Å². The van der Waals surface area contributed by atoms with Gasteiger partial charge in [0.1, 0.15) is 5.60 Å². The zero-order valence-electron chi connectivity index (χ0n) is 8.26. The van der Waals surface area contributed by atoms with E-state index in [9.17, 15) is 4.57 Å². The highest BCUT2D eigenvalue weighted by atomic mass is 31.1. The highest BCUT2D eigenvalue weighted by molar-refractivity contribution is 7.41. The van der Waals surface area contributed by atoms with Gasteiger partial charge in [-0.1, -0.05) is 0 Å². The van der Waals surface area contributed by atoms with Gasteiger partial charge in [0.05, 0.1) is 0 Å². The fourth-order valence-electron chi connectivity index (χ4n) is 0.386. The number of hydrogen-bond acceptors (Lipinski definition) is 2. The van der Waals surface area contributed by atoms with Gasteiger partial charge in [-0.25, -0.2) is 0 Å². The first-order valence-corrected chi connectivity index (χ1v) is 4.97. The van der Waals surface area contributed by atoms with Crippen LogP contribution in [0.5, 0.6) is 0 Å². The highest BCUT2D eigenvalue weighted by Crippen LogP contribution is 2.42. The summed E-state index contributed by atoms with van der Waals surface area (Å²) in [6.45, 7) is 11.5. The topological polar surface area (TPSA) is 26.3 Å². The Labute approximate surface area is 70.2 Å². The first-order valence-electron chi connectivity index (χ1n) is 3.79. The lowest BCUT2D eigenvalue weighted by Crippen LogP contribution is -2.19. The molecule has 0 fully saturated rings. The van der Waals surface area contributed by atoms with Crippen LogP contribution in [0.25, 0.3) is 0 Å². The molecule has 0 saturated heterocycles. The van der Waals surface area contributed by atoms with Gasteiger partial charge in [-0.2, -0.15) is 0 Å². The summed E-state index contributed by atoms with van der Waals surface area (Å²) in [5.74, 6) is 0. The summed E-state index contributed by atoms with van der Waals surface area (Å²) in [6, 6.07) is 0. The Balaban J connectivity index is 4.11. The Morgan fingerprint density at radius 2 is 1.36 bits per heavy atom. The minimum Gasteiger partial charge on any atom is -0.140 e. The Bertz CT molecular complexity index is 150. The van der Waals surface area contributed by atoms with E-state index in [1.165, 1.54) is 0 Å². The van der Waals surface area contributed by atoms with E-state index in [1.807, 2.05) is 41.5 Å². The van der Waals surface area contributed by atoms with Crippen molar-refractivity contribution in [3.05, 3.63) is 0 Å². The molecule has 0 N–H and O–H groups in total. The molecule has 0 rings (SSSR count). The lowest BCUT2D eigenvalue weighted by molar-refractivity contribution is 0.138. The van der Waals surface area contributed by atoms with E-state index in [1.54, 1.807) is 0 Å². The zero-order valence-corrected chi connectivity index (χ0v) is 9.16. The Morgan fingerprint density at radius 1 is 1.00 bits per heavy atom. The molecule has 2 nitrogen and oxygen atoms in total. The predicted molar refractivity (Wildman–Crippen MR) is 48.2 cm³/mol. The fourth-order valence-corrected chi connectivity index (χ4v) is 1.16. The van der Waals surface area contributed by atoms with E-state index in [0.29, 0.717) is 0 Å². The van der Waals surface area contributed by atoms with Crippen molar-refractivity contribution >= 4 is 8.03 Å². The molecule has 0 bridgehead atoms. The van der Waals surface area contributed by atoms with Crippen LogP contribution in [-0.4, -0.2) is 10.8 Å². The van der Waals surface area contributed by atoms with Gasteiger partial charge in [0.2, 0.25) is 0 Å². The van der Waals surface area contributed by atoms with E-state index >= 15 is 0 Å². The molecule has 0 aromatic rings. The zero-order chi connectivity index (χ0) is 9.28. The van der Waals surface area contributed by atoms with Crippen LogP contribution in [0.2, 0.25) is 0 Å². The minimum absolute atomic E-state index is 0.247. The Kier molecular flexibility index (Phi) is 3.22. The molecule has 11 heavy (non-hydrogen) atoms. The van der Waals surface area contributed by atoms with Crippen molar-refractivity contribution in [2.75, 3.05) is 0 Å². The average Bonchev–Trinajstić information content (AvgIpc) is 1.56. The molecule has 66 valence electrons. The molecule has 3 heteroatoms. The van der Waals surface area contributed by atoms with Crippen LogP contribution in [0.3, 0.4) is 0 Å². The summed E-state index contributed by atoms with van der Waals surface area (Å²) in [4.78, 5) is 0. The molecule has 0 aliphatic carbocycles. The van der Waals surface area contributed by atoms with Crippen molar-refractivity contribution in [2.24, 2.45) is 0 Å². The summed E-state index contributed by atoms with van der Waals surface area (Å²) >= 11 is 0. The predicted octanol–water partition coefficient (Wildman–Crippen LogP) is 3.34. The van der Waals surface area contributed by atoms with E-state index in [4.69, 9.17) is 4.52 Å². The Morgan fingerprint density at radius 3 is 1.45 bits per heavy atom. The first-order chi connectivity index (χ1) is 4.63. The molecule has 0 saturated carbocycles. The van der Waals surface area contributed by atoms with E-state index in [2.05, 4.69) is 0 Å². The number of rotatable bonds is 1. The standard InChI is InChI=1S/C8H18O2P/c1-7(2,3)10-11(9)8(4,5)6/h1-6H3/q+1. The van der Waals surface area contributed by atoms with Gasteiger partial charge in [0.25, 0.3) is 0 Å². The quantitative estimate of drug-likeness (QED) is 0.574. The first kappa shape index (κ1) is 11.1. The molecule has 0 aliphatic heterocycles. The van der Waals surface area contributed by atoms with Crippen LogP contribution in [0, 0.1) is 0 Å². The molecule has 0 heterocycles. The molecule has 0 aliphatic rings. The molecule has 0 aromatic carbocycles. The van der Waals surface area contributed by atoms with Gasteiger partial charge < -0.3 is 0 Å². The summed E-state index contributed by atoms with van der Waals surface area (Å²) in [5.41, 5.74) is -0.305. The number of hydrogen-bond donors (Lipinski definition) is 0. The van der Waals surface area contributed by atoms with Crippen molar-refractivity contribution in [2.45, 2.75) is 52.3 Å². The molecule has 0 radical (unpaired) electrons. The highest BCUT2D eigenvalue weighted by Gasteiger charge is 2.40. The summed E-state index contributed by atoms with van der Waals surface area (Å²) < 4.78 is 16.7. The van der Waals surface area contributed by atoms with Crippen LogP contribution in [-0.2, 0) is 9.09 Å². The second-order valence-electron chi connectivity index (χ2n) is 4.63. The van der Waals surface area contributed by atoms with E-state index in [-0.39, 0.29) is 10.8 Å². The van der Waals surface area contributed by atoms with Gasteiger partial charge in [-0.15, -0.1) is 4.52 Å². The largest absolute Gasteiger partial charge is 0.514 e. The maximum atomic E-state index is 11.4. The third-order valence-corrected chi connectivity index (χ3v) is 2.71. The minimum atomic E-state index is -1.56. The van der Waals surface area contributed by atoms with E-state index in [0.717, 1.165) is 0 Å². The lowest BCUT2D eigenvalue weighted by Gasteiger charge is -2.13. The summed E-state index contributed by atoms with van der Waals surface area (Å²) in [6.07, 6.45) is 0. The van der Waals surface area contributed by atoms with Crippen LogP contribution in [0.4, 0.5) is 0 Å². The second kappa shape index (κ2) is 3.20. The van der Waals surface area contributed by atoms with Crippen LogP contribution >= 0.6 is 8.03 Å². The van der Waals surface area contributed by atoms with Gasteiger partial charge in [0.15, 0.2) is 5.16 Å². The SMILES string of the molecule is CC(C)(C)O[P+](=O)C(C)(C)C. The van der Waals surface area contributed by atoms with Crippen molar-refractivity contribution in [3.8, 4) is 0 Å². The molecule has 0 aromatic heterocycles. The third kappa shape index (κ3) is 5.34. The molecule has 0 amide bonds. The lowest BCUT2D eigenvalue weighted by atomic mass is 10.2. The van der Waals surface area contributed by atoms with Crippen LogP contribution in [0.15, 0.2) is 0 Å². The van der Waals surface area contributed by atoms with Gasteiger partial charge in [-0.3, -0.25) is 0 Å². The van der Waals surface area contributed by atoms with Crippen molar-refractivity contribution in [3.63, 3.8) is 0 Å². The smallest absolute Gasteiger partial charge is 0.140 e. The monoisotopic (exact) mass is 177 g/mol. The molecular weight excluding hydrogens is 159 g/mol. The third-order valence-electron chi connectivity index (χ3n) is 0.904. The van der Waals surface area contributed by atoms with Crippen molar-refractivity contribution in [1.29, 1.82) is 0 Å². The summed E-state index contributed by atoms with van der Waals surface area (Å²) in [5, 5.41) is -0.247. The normalized spacial score (nSPS) is 14.9. The van der Waals surface area contributed by atoms with Gasteiger partial charge in [-0.05, 0) is 46.1 Å². The molecule has 0 spiro atoms. The maximum Gasteiger partial charge on any atom is 0.514 e. The molecule has 1 unspecified atom stereocenters.